The van der Waals surface area contributed by atoms with E-state index < -0.39 is 0 Å². The van der Waals surface area contributed by atoms with Crippen LogP contribution in [0.1, 0.15) is 11.5 Å². The Hall–Kier alpha value is -2.25. The largest absolute Gasteiger partial charge is 0.334 e. The average molecular weight is 340 g/mol. The van der Waals surface area contributed by atoms with Crippen molar-refractivity contribution in [3.63, 3.8) is 0 Å². The van der Waals surface area contributed by atoms with Gasteiger partial charge in [0, 0.05) is 5.38 Å². The van der Waals surface area contributed by atoms with Crippen LogP contribution >= 0.6 is 23.1 Å². The molecule has 0 N–H and O–H groups in total. The molecular formula is C16H12N4OS2. The number of fused-ring (bicyclic) bond motifs is 1. The van der Waals surface area contributed by atoms with Gasteiger partial charge in [-0.05, 0) is 30.5 Å². The second-order valence-electron chi connectivity index (χ2n) is 4.92. The molecule has 7 heteroatoms. The third-order valence-corrected chi connectivity index (χ3v) is 5.02. The number of para-hydroxylation sites is 2. The van der Waals surface area contributed by atoms with Crippen LogP contribution in [-0.4, -0.2) is 20.1 Å². The third-order valence-electron chi connectivity index (χ3n) is 3.28. The molecule has 5 nitrogen and oxygen atoms in total. The Balaban J connectivity index is 1.54. The van der Waals surface area contributed by atoms with Crippen molar-refractivity contribution >= 4 is 34.1 Å². The Morgan fingerprint density at radius 3 is 2.70 bits per heavy atom. The van der Waals surface area contributed by atoms with E-state index in [1.165, 1.54) is 0 Å². The highest BCUT2D eigenvalue weighted by atomic mass is 32.2. The summed E-state index contributed by atoms with van der Waals surface area (Å²) in [6.07, 6.45) is 0. The number of thioether (sulfide) groups is 1. The predicted molar refractivity (Wildman–Crippen MR) is 91.4 cm³/mol. The standard InChI is InChI=1S/C16H12N4OS2/c1-10-16(18-13-5-3-2-4-12(13)17-10)23-9-14-19-15(21-20-14)11-6-7-22-8-11/h2-8H,9H2,1H3. The number of hydrogen-bond acceptors (Lipinski definition) is 7. The van der Waals surface area contributed by atoms with E-state index in [1.807, 2.05) is 48.0 Å². The molecule has 0 saturated heterocycles. The molecule has 0 unspecified atom stereocenters. The molecule has 0 amide bonds. The summed E-state index contributed by atoms with van der Waals surface area (Å²) in [5.41, 5.74) is 3.68. The number of aryl methyl sites for hydroxylation is 1. The molecule has 0 radical (unpaired) electrons. The van der Waals surface area contributed by atoms with E-state index in [-0.39, 0.29) is 0 Å². The van der Waals surface area contributed by atoms with Crippen LogP contribution in [-0.2, 0) is 5.75 Å². The third kappa shape index (κ3) is 2.97. The van der Waals surface area contributed by atoms with Crippen LogP contribution in [0.4, 0.5) is 0 Å². The van der Waals surface area contributed by atoms with E-state index in [9.17, 15) is 0 Å². The van der Waals surface area contributed by atoms with Gasteiger partial charge in [0.25, 0.3) is 5.89 Å². The maximum absolute atomic E-state index is 5.29. The Kier molecular flexibility index (Phi) is 3.80. The summed E-state index contributed by atoms with van der Waals surface area (Å²) in [5, 5.41) is 8.90. The first-order valence-corrected chi connectivity index (χ1v) is 8.94. The van der Waals surface area contributed by atoms with E-state index in [4.69, 9.17) is 4.52 Å². The number of aromatic nitrogens is 4. The summed E-state index contributed by atoms with van der Waals surface area (Å²) in [5.74, 6) is 1.82. The average Bonchev–Trinajstić information content (AvgIpc) is 3.24. The quantitative estimate of drug-likeness (QED) is 0.515. The van der Waals surface area contributed by atoms with E-state index in [0.29, 0.717) is 17.5 Å². The molecule has 0 aliphatic rings. The van der Waals surface area contributed by atoms with Gasteiger partial charge in [0.1, 0.15) is 5.03 Å². The summed E-state index contributed by atoms with van der Waals surface area (Å²) in [6, 6.07) is 9.83. The molecule has 3 heterocycles. The SMILES string of the molecule is Cc1nc2ccccc2nc1SCc1noc(-c2ccsc2)n1. The minimum atomic E-state index is 0.558. The van der Waals surface area contributed by atoms with Crippen LogP contribution < -0.4 is 0 Å². The molecule has 4 aromatic rings. The molecule has 0 aliphatic carbocycles. The van der Waals surface area contributed by atoms with Crippen molar-refractivity contribution in [3.8, 4) is 11.5 Å². The molecule has 0 saturated carbocycles. The zero-order valence-corrected chi connectivity index (χ0v) is 13.9. The highest BCUT2D eigenvalue weighted by molar-refractivity contribution is 7.98. The highest BCUT2D eigenvalue weighted by Gasteiger charge is 2.11. The maximum Gasteiger partial charge on any atom is 0.258 e. The molecular weight excluding hydrogens is 328 g/mol. The fourth-order valence-corrected chi connectivity index (χ4v) is 3.59. The van der Waals surface area contributed by atoms with E-state index in [1.54, 1.807) is 23.1 Å². The van der Waals surface area contributed by atoms with Crippen LogP contribution in [0.15, 0.2) is 50.6 Å². The number of rotatable bonds is 4. The molecule has 4 rings (SSSR count). The van der Waals surface area contributed by atoms with Crippen LogP contribution in [0.5, 0.6) is 0 Å². The summed E-state index contributed by atoms with van der Waals surface area (Å²) >= 11 is 3.18. The molecule has 0 spiro atoms. The number of hydrogen-bond donors (Lipinski definition) is 0. The van der Waals surface area contributed by atoms with Gasteiger partial charge in [-0.15, -0.1) is 0 Å². The minimum absolute atomic E-state index is 0.558. The zero-order valence-electron chi connectivity index (χ0n) is 12.3. The monoisotopic (exact) mass is 340 g/mol. The molecule has 0 bridgehead atoms. The molecule has 23 heavy (non-hydrogen) atoms. The smallest absolute Gasteiger partial charge is 0.258 e. The Morgan fingerprint density at radius 2 is 1.91 bits per heavy atom. The van der Waals surface area contributed by atoms with Crippen molar-refractivity contribution < 1.29 is 4.52 Å². The fourth-order valence-electron chi connectivity index (χ4n) is 2.16. The highest BCUT2D eigenvalue weighted by Crippen LogP contribution is 2.26. The molecule has 1 aromatic carbocycles. The van der Waals surface area contributed by atoms with E-state index >= 15 is 0 Å². The minimum Gasteiger partial charge on any atom is -0.334 e. The molecule has 3 aromatic heterocycles. The van der Waals surface area contributed by atoms with Gasteiger partial charge in [0.2, 0.25) is 0 Å². The van der Waals surface area contributed by atoms with Gasteiger partial charge in [-0.1, -0.05) is 29.1 Å². The first-order chi connectivity index (χ1) is 11.3. The normalized spacial score (nSPS) is 11.2. The van der Waals surface area contributed by atoms with Gasteiger partial charge in [0.15, 0.2) is 5.82 Å². The van der Waals surface area contributed by atoms with Crippen LogP contribution in [0.25, 0.3) is 22.5 Å². The first kappa shape index (κ1) is 14.3. The molecule has 0 fully saturated rings. The topological polar surface area (TPSA) is 64.7 Å². The molecule has 0 aliphatic heterocycles. The second-order valence-corrected chi connectivity index (χ2v) is 6.66. The van der Waals surface area contributed by atoms with Crippen LogP contribution in [0, 0.1) is 6.92 Å². The first-order valence-electron chi connectivity index (χ1n) is 7.01. The summed E-state index contributed by atoms with van der Waals surface area (Å²) in [4.78, 5) is 13.7. The second kappa shape index (κ2) is 6.10. The number of nitrogens with zero attached hydrogens (tertiary/aromatic N) is 4. The van der Waals surface area contributed by atoms with Crippen molar-refractivity contribution in [2.24, 2.45) is 0 Å². The van der Waals surface area contributed by atoms with Crippen molar-refractivity contribution in [1.29, 1.82) is 0 Å². The van der Waals surface area contributed by atoms with Crippen LogP contribution in [0.2, 0.25) is 0 Å². The maximum atomic E-state index is 5.29. The summed E-state index contributed by atoms with van der Waals surface area (Å²) in [6.45, 7) is 1.97. The zero-order chi connectivity index (χ0) is 15.6. The van der Waals surface area contributed by atoms with Crippen molar-refractivity contribution in [2.45, 2.75) is 17.7 Å². The van der Waals surface area contributed by atoms with Crippen molar-refractivity contribution in [2.75, 3.05) is 0 Å². The van der Waals surface area contributed by atoms with Crippen molar-refractivity contribution in [3.05, 3.63) is 52.6 Å². The molecule has 114 valence electrons. The van der Waals surface area contributed by atoms with Crippen molar-refractivity contribution in [1.82, 2.24) is 20.1 Å². The predicted octanol–water partition coefficient (Wildman–Crippen LogP) is 4.34. The van der Waals surface area contributed by atoms with Gasteiger partial charge >= 0.3 is 0 Å². The lowest BCUT2D eigenvalue weighted by Gasteiger charge is -2.04. The molecule has 0 atom stereocenters. The van der Waals surface area contributed by atoms with E-state index in [0.717, 1.165) is 27.3 Å². The lowest BCUT2D eigenvalue weighted by atomic mass is 10.3. The summed E-state index contributed by atoms with van der Waals surface area (Å²) < 4.78 is 5.29. The van der Waals surface area contributed by atoms with Crippen LogP contribution in [0.3, 0.4) is 0 Å². The van der Waals surface area contributed by atoms with Gasteiger partial charge in [-0.2, -0.15) is 16.3 Å². The number of thiophene rings is 1. The Morgan fingerprint density at radius 1 is 1.09 bits per heavy atom. The lowest BCUT2D eigenvalue weighted by molar-refractivity contribution is 0.425. The van der Waals surface area contributed by atoms with Gasteiger partial charge in [0.05, 0.1) is 28.0 Å². The fraction of sp³-hybridized carbons (Fsp3) is 0.125. The Bertz CT molecular complexity index is 950. The summed E-state index contributed by atoms with van der Waals surface area (Å²) in [7, 11) is 0. The number of benzene rings is 1. The Labute approximate surface area is 140 Å². The van der Waals surface area contributed by atoms with Gasteiger partial charge < -0.3 is 4.52 Å². The van der Waals surface area contributed by atoms with Gasteiger partial charge in [-0.25, -0.2) is 9.97 Å². The van der Waals surface area contributed by atoms with E-state index in [2.05, 4.69) is 20.1 Å². The lowest BCUT2D eigenvalue weighted by Crippen LogP contribution is -1.93. The van der Waals surface area contributed by atoms with Gasteiger partial charge in [-0.3, -0.25) is 0 Å².